The molecular formula is C51H69N7O8. The predicted molar refractivity (Wildman–Crippen MR) is 256 cm³/mol. The number of carbonyl (C=O) groups is 5. The van der Waals surface area contributed by atoms with E-state index in [1.165, 1.54) is 15.9 Å². The second kappa shape index (κ2) is 23.4. The zero-order chi connectivity index (χ0) is 48.1. The number of amides is 4. The number of ether oxygens (including phenoxy) is 2. The fourth-order valence-corrected chi connectivity index (χ4v) is 9.17. The van der Waals surface area contributed by atoms with Crippen LogP contribution >= 0.6 is 0 Å². The van der Waals surface area contributed by atoms with Crippen LogP contribution in [0.25, 0.3) is 33.3 Å². The van der Waals surface area contributed by atoms with E-state index in [0.717, 1.165) is 83.3 Å². The molecule has 0 aliphatic carbocycles. The van der Waals surface area contributed by atoms with Gasteiger partial charge in [0.25, 0.3) is 12.4 Å². The second-order valence-electron chi connectivity index (χ2n) is 18.3. The van der Waals surface area contributed by atoms with Gasteiger partial charge in [-0.3, -0.25) is 34.0 Å². The lowest BCUT2D eigenvalue weighted by Crippen LogP contribution is -2.59. The van der Waals surface area contributed by atoms with Gasteiger partial charge < -0.3 is 33.8 Å². The van der Waals surface area contributed by atoms with Crippen molar-refractivity contribution in [2.24, 2.45) is 11.3 Å². The molecule has 0 radical (unpaired) electrons. The number of fused-ring (bicyclic) bond motifs is 1. The van der Waals surface area contributed by atoms with E-state index in [0.29, 0.717) is 51.1 Å². The van der Waals surface area contributed by atoms with Crippen LogP contribution in [0.15, 0.2) is 67.4 Å². The largest absolute Gasteiger partial charge is 0.508 e. The van der Waals surface area contributed by atoms with Crippen LogP contribution < -0.4 is 5.43 Å². The van der Waals surface area contributed by atoms with Crippen molar-refractivity contribution in [2.45, 2.75) is 98.4 Å². The zero-order valence-corrected chi connectivity index (χ0v) is 40.0. The number of likely N-dealkylation sites (tertiary alicyclic amines) is 1. The first kappa shape index (κ1) is 50.9. The molecule has 0 bridgehead atoms. The number of hydrogen-bond acceptors (Lipinski definition) is 10. The number of nitrogens with zero attached hydrogens (tertiary/aromatic N) is 6. The third-order valence-electron chi connectivity index (χ3n) is 12.4. The van der Waals surface area contributed by atoms with Gasteiger partial charge in [0.05, 0.1) is 24.6 Å². The first-order chi connectivity index (χ1) is 31.6. The zero-order valence-electron chi connectivity index (χ0n) is 40.0. The molecule has 2 unspecified atom stereocenters. The highest BCUT2D eigenvalue weighted by Gasteiger charge is 2.37. The maximum atomic E-state index is 14.2. The quantitative estimate of drug-likeness (QED) is 0.0796. The van der Waals surface area contributed by atoms with Gasteiger partial charge in [0.1, 0.15) is 17.8 Å². The standard InChI is InChI=1S/C44H58N6O7.C7H11NO/c1-9-49-38-15-14-31(23-35(38)36(24-44(4,5)26-57-28-52)41(49)34-13-12-16-45-37(34)25-56-8)32-19-30(20-33(53)22-32)21-39(42(54)50-18-11-10-17-46-50)48(7)43(55)40(29(2)3)47(6)27-51;1-2-7(9)8-5-3-4-6-8/h12-16,19-20,22-23,27-29,39-40,46,53H,9-11,17-18,21,24-26H2,1-8H3;2H,1,3-6H2. The SMILES string of the molecule is C=CC(=O)N1CCCC1.CCn1c(-c2cccnc2COC)c(CC(C)(C)COC=O)c2cc(-c3cc(O)cc(CC(C(=O)N4CCCCN4)N(C)C(=O)C(C(C)C)N(C)C=O)c3)ccc21. The lowest BCUT2D eigenvalue weighted by molar-refractivity contribution is -0.151. The van der Waals surface area contributed by atoms with Gasteiger partial charge in [0.15, 0.2) is 0 Å². The molecule has 2 N–H and O–H groups in total. The third-order valence-corrected chi connectivity index (χ3v) is 12.4. The summed E-state index contributed by atoms with van der Waals surface area (Å²) in [6, 6.07) is 13.8. The number of aryl methyl sites for hydroxylation is 1. The summed E-state index contributed by atoms with van der Waals surface area (Å²) in [4.78, 5) is 71.4. The fraction of sp³-hybridized carbons (Fsp3) is 0.490. The Bertz CT molecular complexity index is 2330. The summed E-state index contributed by atoms with van der Waals surface area (Å²) >= 11 is 0. The molecular weight excluding hydrogens is 839 g/mol. The van der Waals surface area contributed by atoms with Crippen molar-refractivity contribution in [3.8, 4) is 28.1 Å². The number of aromatic nitrogens is 2. The minimum Gasteiger partial charge on any atom is -0.508 e. The highest BCUT2D eigenvalue weighted by molar-refractivity contribution is 5.95. The van der Waals surface area contributed by atoms with Gasteiger partial charge in [0, 0.05) is 88.4 Å². The molecule has 4 heterocycles. The summed E-state index contributed by atoms with van der Waals surface area (Å²) in [5.74, 6) is -0.683. The maximum absolute atomic E-state index is 14.2. The Hall–Kier alpha value is -6.06. The van der Waals surface area contributed by atoms with Crippen molar-refractivity contribution in [3.63, 3.8) is 0 Å². The fourth-order valence-electron chi connectivity index (χ4n) is 9.17. The average molecular weight is 908 g/mol. The van der Waals surface area contributed by atoms with E-state index >= 15 is 0 Å². The smallest absolute Gasteiger partial charge is 0.293 e. The van der Waals surface area contributed by atoms with Crippen molar-refractivity contribution in [1.82, 2.24) is 34.7 Å². The van der Waals surface area contributed by atoms with Crippen LogP contribution in [0.3, 0.4) is 0 Å². The van der Waals surface area contributed by atoms with E-state index in [1.807, 2.05) is 36.9 Å². The van der Waals surface area contributed by atoms with E-state index < -0.39 is 17.5 Å². The second-order valence-corrected chi connectivity index (χ2v) is 18.3. The van der Waals surface area contributed by atoms with Gasteiger partial charge in [-0.25, -0.2) is 5.43 Å². The average Bonchev–Trinajstić information content (AvgIpc) is 3.96. The molecule has 15 nitrogen and oxygen atoms in total. The monoisotopic (exact) mass is 908 g/mol. The number of hydrogen-bond donors (Lipinski definition) is 2. The molecule has 356 valence electrons. The molecule has 2 fully saturated rings. The van der Waals surface area contributed by atoms with Crippen LogP contribution in [0.5, 0.6) is 5.75 Å². The normalized spacial score (nSPS) is 14.9. The Morgan fingerprint density at radius 3 is 2.35 bits per heavy atom. The Kier molecular flexibility index (Phi) is 18.1. The summed E-state index contributed by atoms with van der Waals surface area (Å²) in [5, 5.41) is 13.8. The van der Waals surface area contributed by atoms with Crippen LogP contribution in [0, 0.1) is 11.3 Å². The van der Waals surface area contributed by atoms with E-state index in [2.05, 4.69) is 60.5 Å². The van der Waals surface area contributed by atoms with Crippen molar-refractivity contribution in [2.75, 3.05) is 54.0 Å². The molecule has 66 heavy (non-hydrogen) atoms. The number of phenols is 1. The third kappa shape index (κ3) is 12.2. The van der Waals surface area contributed by atoms with Crippen molar-refractivity contribution < 1.29 is 38.6 Å². The Labute approximate surface area is 389 Å². The highest BCUT2D eigenvalue weighted by atomic mass is 16.5. The molecule has 4 amide bonds. The Balaban J connectivity index is 0.000000809. The van der Waals surface area contributed by atoms with Gasteiger partial charge in [-0.05, 0) is 110 Å². The molecule has 2 aromatic carbocycles. The molecule has 2 saturated heterocycles. The molecule has 6 rings (SSSR count). The number of phenolic OH excluding ortho intramolecular Hbond substituents is 1. The number of hydrazine groups is 1. The predicted octanol–water partition coefficient (Wildman–Crippen LogP) is 6.39. The minimum absolute atomic E-state index is 0.0263. The number of carbonyl (C=O) groups excluding carboxylic acids is 5. The number of benzene rings is 2. The van der Waals surface area contributed by atoms with Crippen LogP contribution in [0.4, 0.5) is 0 Å². The van der Waals surface area contributed by atoms with Gasteiger partial charge in [0.2, 0.25) is 18.2 Å². The number of pyridine rings is 1. The molecule has 0 spiro atoms. The van der Waals surface area contributed by atoms with E-state index in [4.69, 9.17) is 9.47 Å². The number of likely N-dealkylation sites (N-methyl/N-ethyl adjacent to an activating group) is 2. The Morgan fingerprint density at radius 1 is 1.00 bits per heavy atom. The molecule has 15 heteroatoms. The number of aromatic hydroxyl groups is 1. The lowest BCUT2D eigenvalue weighted by atomic mass is 9.84. The van der Waals surface area contributed by atoms with Crippen LogP contribution in [0.1, 0.15) is 77.1 Å². The summed E-state index contributed by atoms with van der Waals surface area (Å²) in [5.41, 5.74) is 9.90. The maximum Gasteiger partial charge on any atom is 0.293 e. The minimum atomic E-state index is -0.911. The summed E-state index contributed by atoms with van der Waals surface area (Å²) in [6.45, 7) is 18.1. The van der Waals surface area contributed by atoms with Gasteiger partial charge in [-0.1, -0.05) is 46.4 Å². The number of methoxy groups -OCH3 is 1. The summed E-state index contributed by atoms with van der Waals surface area (Å²) < 4.78 is 13.1. The van der Waals surface area contributed by atoms with Crippen molar-refractivity contribution >= 4 is 41.5 Å². The topological polar surface area (TPSA) is 167 Å². The highest BCUT2D eigenvalue weighted by Crippen LogP contribution is 2.41. The first-order valence-corrected chi connectivity index (χ1v) is 23.0. The summed E-state index contributed by atoms with van der Waals surface area (Å²) in [7, 11) is 4.83. The van der Waals surface area contributed by atoms with E-state index in [9.17, 15) is 29.1 Å². The molecule has 2 atom stereocenters. The molecule has 2 aliphatic heterocycles. The van der Waals surface area contributed by atoms with E-state index in [-0.39, 0.29) is 42.4 Å². The van der Waals surface area contributed by atoms with Gasteiger partial charge >= 0.3 is 0 Å². The van der Waals surface area contributed by atoms with Crippen molar-refractivity contribution in [3.05, 3.63) is 84.2 Å². The first-order valence-electron chi connectivity index (χ1n) is 23.0. The molecule has 2 aromatic heterocycles. The molecule has 2 aliphatic rings. The number of nitrogens with one attached hydrogen (secondary N) is 1. The Morgan fingerprint density at radius 2 is 1.73 bits per heavy atom. The number of rotatable bonds is 19. The lowest BCUT2D eigenvalue weighted by Gasteiger charge is -2.38. The van der Waals surface area contributed by atoms with Crippen LogP contribution in [0.2, 0.25) is 0 Å². The van der Waals surface area contributed by atoms with Gasteiger partial charge in [-0.2, -0.15) is 0 Å². The van der Waals surface area contributed by atoms with Gasteiger partial charge in [-0.15, -0.1) is 0 Å². The molecule has 4 aromatic rings. The van der Waals surface area contributed by atoms with Crippen LogP contribution in [-0.4, -0.2) is 131 Å². The van der Waals surface area contributed by atoms with Crippen molar-refractivity contribution in [1.29, 1.82) is 0 Å². The van der Waals surface area contributed by atoms with Crippen LogP contribution in [-0.2, 0) is 59.4 Å². The van der Waals surface area contributed by atoms with E-state index in [1.54, 1.807) is 44.5 Å². The molecule has 0 saturated carbocycles. The summed E-state index contributed by atoms with van der Waals surface area (Å²) in [6.07, 6.45) is 8.57.